The Labute approximate surface area is 163 Å². The molecule has 26 heavy (non-hydrogen) atoms. The number of nitrogens with one attached hydrogen (secondary N) is 1. The average Bonchev–Trinajstić information content (AvgIpc) is 2.94. The highest BCUT2D eigenvalue weighted by Gasteiger charge is 2.33. The molecule has 1 aliphatic heterocycles. The van der Waals surface area contributed by atoms with Crippen LogP contribution in [0.1, 0.15) is 31.7 Å². The van der Waals surface area contributed by atoms with Crippen molar-refractivity contribution in [1.29, 1.82) is 0 Å². The minimum absolute atomic E-state index is 0.0382. The van der Waals surface area contributed by atoms with Gasteiger partial charge in [0, 0.05) is 24.8 Å². The zero-order valence-electron chi connectivity index (χ0n) is 16.1. The maximum absolute atomic E-state index is 11.9. The minimum Gasteiger partial charge on any atom is -0.344 e. The van der Waals surface area contributed by atoms with E-state index in [9.17, 15) is 8.42 Å². The summed E-state index contributed by atoms with van der Waals surface area (Å²) < 4.78 is 23.8. The third-order valence-corrected chi connectivity index (χ3v) is 6.81. The first kappa shape index (κ1) is 21.1. The summed E-state index contributed by atoms with van der Waals surface area (Å²) >= 11 is 5.63. The number of thiocarbonyl (C=S) groups is 1. The molecule has 0 saturated carbocycles. The van der Waals surface area contributed by atoms with E-state index in [1.807, 2.05) is 31.1 Å². The second kappa shape index (κ2) is 9.67. The molecule has 1 aliphatic rings. The van der Waals surface area contributed by atoms with Crippen LogP contribution in [0, 0.1) is 0 Å². The first-order valence-corrected chi connectivity index (χ1v) is 11.6. The quantitative estimate of drug-likeness (QED) is 0.681. The predicted molar refractivity (Wildman–Crippen MR) is 114 cm³/mol. The van der Waals surface area contributed by atoms with Crippen molar-refractivity contribution in [3.8, 4) is 0 Å². The molecule has 146 valence electrons. The molecule has 5 nitrogen and oxygen atoms in total. The molecule has 1 saturated heterocycles. The number of hydrogen-bond acceptors (Lipinski definition) is 4. The molecule has 1 N–H and O–H groups in total. The molecule has 2 rings (SSSR count). The maximum Gasteiger partial charge on any atom is 0.173 e. The molecule has 7 heteroatoms. The zero-order chi connectivity index (χ0) is 19.2. The van der Waals surface area contributed by atoms with Crippen molar-refractivity contribution in [2.24, 2.45) is 0 Å². The number of aryl methyl sites for hydroxylation is 1. The number of unbranched alkanes of at least 4 members (excludes halogenated alkanes) is 1. The van der Waals surface area contributed by atoms with Crippen LogP contribution >= 0.6 is 12.2 Å². The first-order chi connectivity index (χ1) is 12.3. The second-order valence-electron chi connectivity index (χ2n) is 7.28. The van der Waals surface area contributed by atoms with Crippen molar-refractivity contribution in [2.45, 2.75) is 38.6 Å². The van der Waals surface area contributed by atoms with Gasteiger partial charge < -0.3 is 15.1 Å². The first-order valence-electron chi connectivity index (χ1n) is 9.32. The third kappa shape index (κ3) is 6.52. The van der Waals surface area contributed by atoms with Gasteiger partial charge in [-0.25, -0.2) is 8.42 Å². The molecule has 0 amide bonds. The van der Waals surface area contributed by atoms with Crippen LogP contribution in [0.4, 0.5) is 5.69 Å². The van der Waals surface area contributed by atoms with Gasteiger partial charge in [-0.15, -0.1) is 0 Å². The van der Waals surface area contributed by atoms with E-state index in [0.29, 0.717) is 18.1 Å². The van der Waals surface area contributed by atoms with Gasteiger partial charge in [-0.3, -0.25) is 0 Å². The Bertz CT molecular complexity index is 687. The lowest BCUT2D eigenvalue weighted by atomic mass is 10.1. The molecule has 1 heterocycles. The lowest BCUT2D eigenvalue weighted by molar-refractivity contribution is 0.289. The summed E-state index contributed by atoms with van der Waals surface area (Å²) in [5, 5.41) is 3.90. The van der Waals surface area contributed by atoms with Crippen molar-refractivity contribution >= 4 is 32.9 Å². The van der Waals surface area contributed by atoms with Gasteiger partial charge in [0.2, 0.25) is 0 Å². The highest BCUT2D eigenvalue weighted by atomic mass is 32.2. The maximum atomic E-state index is 11.9. The standard InChI is InChI=1S/C19H31N3O2S2/c1-4-5-6-16-7-9-17(10-8-16)20-19(25)22(13-12-21(2)3)18-11-14-26(23,24)15-18/h7-10,18H,4-6,11-15H2,1-3H3,(H,20,25)/t18-/m1/s1. The summed E-state index contributed by atoms with van der Waals surface area (Å²) in [5.74, 6) is 0.447. The van der Waals surface area contributed by atoms with E-state index in [4.69, 9.17) is 12.2 Å². The molecule has 1 atom stereocenters. The summed E-state index contributed by atoms with van der Waals surface area (Å²) in [6.45, 7) is 3.74. The molecule has 0 aliphatic carbocycles. The van der Waals surface area contributed by atoms with E-state index >= 15 is 0 Å². The van der Waals surface area contributed by atoms with Gasteiger partial charge in [0.1, 0.15) is 0 Å². The van der Waals surface area contributed by atoms with Crippen LogP contribution in [0.15, 0.2) is 24.3 Å². The molecule has 0 unspecified atom stereocenters. The molecule has 1 fully saturated rings. The molecule has 0 spiro atoms. The zero-order valence-corrected chi connectivity index (χ0v) is 17.7. The number of benzene rings is 1. The predicted octanol–water partition coefficient (Wildman–Crippen LogP) is 2.78. The minimum atomic E-state index is -2.94. The van der Waals surface area contributed by atoms with Crippen molar-refractivity contribution in [2.75, 3.05) is 44.0 Å². The van der Waals surface area contributed by atoms with E-state index in [-0.39, 0.29) is 17.5 Å². The Kier molecular flexibility index (Phi) is 7.85. The van der Waals surface area contributed by atoms with Crippen LogP contribution in [0.3, 0.4) is 0 Å². The van der Waals surface area contributed by atoms with Gasteiger partial charge in [-0.1, -0.05) is 25.5 Å². The van der Waals surface area contributed by atoms with Crippen LogP contribution in [0.25, 0.3) is 0 Å². The molecule has 0 radical (unpaired) electrons. The average molecular weight is 398 g/mol. The van der Waals surface area contributed by atoms with Gasteiger partial charge in [0.15, 0.2) is 14.9 Å². The molecule has 0 bridgehead atoms. The Morgan fingerprint density at radius 1 is 1.23 bits per heavy atom. The fourth-order valence-corrected chi connectivity index (χ4v) is 5.20. The highest BCUT2D eigenvalue weighted by Crippen LogP contribution is 2.20. The van der Waals surface area contributed by atoms with Gasteiger partial charge in [0.25, 0.3) is 0 Å². The molecular weight excluding hydrogens is 366 g/mol. The summed E-state index contributed by atoms with van der Waals surface area (Å²) in [6.07, 6.45) is 4.12. The third-order valence-electron chi connectivity index (χ3n) is 4.72. The normalized spacial score (nSPS) is 18.8. The Balaban J connectivity index is 2.03. The number of sulfone groups is 1. The number of rotatable bonds is 8. The van der Waals surface area contributed by atoms with Crippen molar-refractivity contribution < 1.29 is 8.42 Å². The van der Waals surface area contributed by atoms with Crippen molar-refractivity contribution in [3.05, 3.63) is 29.8 Å². The Morgan fingerprint density at radius 3 is 2.46 bits per heavy atom. The fourth-order valence-electron chi connectivity index (χ4n) is 3.11. The summed E-state index contributed by atoms with van der Waals surface area (Å²) in [5.41, 5.74) is 2.28. The topological polar surface area (TPSA) is 52.6 Å². The van der Waals surface area contributed by atoms with Crippen LogP contribution in [-0.4, -0.2) is 68.1 Å². The summed E-state index contributed by atoms with van der Waals surface area (Å²) in [7, 11) is 1.08. The van der Waals surface area contributed by atoms with Gasteiger partial charge in [-0.05, 0) is 63.3 Å². The van der Waals surface area contributed by atoms with E-state index in [2.05, 4.69) is 29.3 Å². The highest BCUT2D eigenvalue weighted by molar-refractivity contribution is 7.91. The van der Waals surface area contributed by atoms with Gasteiger partial charge in [0.05, 0.1) is 11.5 Å². The van der Waals surface area contributed by atoms with Crippen LogP contribution in [0.5, 0.6) is 0 Å². The van der Waals surface area contributed by atoms with Crippen LogP contribution < -0.4 is 5.32 Å². The summed E-state index contributed by atoms with van der Waals surface area (Å²) in [4.78, 5) is 4.13. The molecule has 0 aromatic heterocycles. The van der Waals surface area contributed by atoms with Crippen LogP contribution in [0.2, 0.25) is 0 Å². The van der Waals surface area contributed by atoms with E-state index < -0.39 is 9.84 Å². The largest absolute Gasteiger partial charge is 0.344 e. The van der Waals surface area contributed by atoms with Crippen LogP contribution in [-0.2, 0) is 16.3 Å². The number of likely N-dealkylation sites (N-methyl/N-ethyl adjacent to an activating group) is 1. The number of nitrogens with zero attached hydrogens (tertiary/aromatic N) is 2. The van der Waals surface area contributed by atoms with Gasteiger partial charge in [-0.2, -0.15) is 0 Å². The Morgan fingerprint density at radius 2 is 1.92 bits per heavy atom. The summed E-state index contributed by atoms with van der Waals surface area (Å²) in [6, 6.07) is 8.32. The smallest absolute Gasteiger partial charge is 0.173 e. The van der Waals surface area contributed by atoms with E-state index in [1.165, 1.54) is 18.4 Å². The van der Waals surface area contributed by atoms with Gasteiger partial charge >= 0.3 is 0 Å². The van der Waals surface area contributed by atoms with Crippen molar-refractivity contribution in [3.63, 3.8) is 0 Å². The lowest BCUT2D eigenvalue weighted by Crippen LogP contribution is -2.46. The SMILES string of the molecule is CCCCc1ccc(NC(=S)N(CCN(C)C)[C@@H]2CCS(=O)(=O)C2)cc1. The monoisotopic (exact) mass is 397 g/mol. The van der Waals surface area contributed by atoms with Crippen molar-refractivity contribution in [1.82, 2.24) is 9.80 Å². The second-order valence-corrected chi connectivity index (χ2v) is 9.90. The van der Waals surface area contributed by atoms with E-state index in [1.54, 1.807) is 0 Å². The number of anilines is 1. The fraction of sp³-hybridized carbons (Fsp3) is 0.632. The lowest BCUT2D eigenvalue weighted by Gasteiger charge is -2.32. The molecule has 1 aromatic rings. The Hall–Kier alpha value is -1.18. The van der Waals surface area contributed by atoms with E-state index in [0.717, 1.165) is 18.7 Å². The molecule has 1 aromatic carbocycles. The number of hydrogen-bond donors (Lipinski definition) is 1. The molecular formula is C19H31N3O2S2.